The number of anilines is 1. The lowest BCUT2D eigenvalue weighted by atomic mass is 10.1. The van der Waals surface area contributed by atoms with Crippen molar-refractivity contribution in [2.24, 2.45) is 5.10 Å². The number of ether oxygens (including phenoxy) is 9. The van der Waals surface area contributed by atoms with Crippen molar-refractivity contribution < 1.29 is 61.8 Å². The number of fused-ring (bicyclic) bond motifs is 2. The van der Waals surface area contributed by atoms with Crippen LogP contribution in [0.2, 0.25) is 0 Å². The van der Waals surface area contributed by atoms with E-state index >= 15 is 0 Å². The van der Waals surface area contributed by atoms with E-state index in [2.05, 4.69) is 27.0 Å². The number of aromatic nitrogens is 1. The summed E-state index contributed by atoms with van der Waals surface area (Å²) in [4.78, 5) is 55.0. The van der Waals surface area contributed by atoms with Crippen LogP contribution in [0.15, 0.2) is 151 Å². The summed E-state index contributed by atoms with van der Waals surface area (Å²) in [5.74, 6) is 0.777. The molecule has 17 heteroatoms. The molecule has 0 N–H and O–H groups in total. The number of unbranched alkanes of at least 4 members (excludes halogenated alkanes) is 4. The van der Waals surface area contributed by atoms with E-state index in [1.54, 1.807) is 50.6 Å². The number of thiazole rings is 1. The lowest BCUT2D eigenvalue weighted by molar-refractivity contribution is -0.139. The number of para-hydroxylation sites is 1. The molecule has 0 saturated carbocycles. The Bertz CT molecular complexity index is 3390. The highest BCUT2D eigenvalue weighted by Gasteiger charge is 2.23. The number of benzene rings is 6. The Hall–Kier alpha value is -8.96. The predicted molar refractivity (Wildman–Crippen MR) is 329 cm³/mol. The van der Waals surface area contributed by atoms with Gasteiger partial charge in [-0.2, -0.15) is 5.10 Å². The minimum absolute atomic E-state index is 0.0556. The highest BCUT2D eigenvalue weighted by Crippen LogP contribution is 2.39. The first-order chi connectivity index (χ1) is 40.8. The number of carbonyl (C=O) groups excluding carboxylic acids is 4. The lowest BCUT2D eigenvalue weighted by Gasteiger charge is -2.24. The van der Waals surface area contributed by atoms with Gasteiger partial charge in [-0.1, -0.05) is 92.8 Å². The molecular weight excluding hydrogens is 1090 g/mol. The van der Waals surface area contributed by atoms with Gasteiger partial charge in [0.05, 0.1) is 68.7 Å². The van der Waals surface area contributed by atoms with Gasteiger partial charge in [-0.05, 0) is 153 Å². The summed E-state index contributed by atoms with van der Waals surface area (Å²) in [7, 11) is 2.99. The topological polar surface area (TPSA) is 180 Å². The zero-order valence-corrected chi connectivity index (χ0v) is 49.3. The van der Waals surface area contributed by atoms with Crippen molar-refractivity contribution in [2.45, 2.75) is 97.6 Å². The van der Waals surface area contributed by atoms with Crippen LogP contribution in [-0.2, 0) is 41.7 Å². The molecule has 0 aliphatic rings. The first-order valence-corrected chi connectivity index (χ1v) is 29.0. The largest absolute Gasteiger partial charge is 0.494 e. The number of hydrogen-bond donors (Lipinski definition) is 0. The second-order valence-electron chi connectivity index (χ2n) is 19.7. The van der Waals surface area contributed by atoms with Gasteiger partial charge in [0.15, 0.2) is 23.0 Å². The normalized spacial score (nSPS) is 11.5. The number of hydrazone groups is 1. The van der Waals surface area contributed by atoms with Gasteiger partial charge in [0.1, 0.15) is 23.9 Å². The van der Waals surface area contributed by atoms with Crippen LogP contribution in [0.5, 0.6) is 40.2 Å². The molecule has 0 saturated heterocycles. The fourth-order valence-electron chi connectivity index (χ4n) is 8.63. The summed E-state index contributed by atoms with van der Waals surface area (Å²) in [5, 5.41) is 9.56. The summed E-state index contributed by atoms with van der Waals surface area (Å²) >= 11 is 1.52. The molecule has 16 nitrogen and oxygen atoms in total. The second-order valence-corrected chi connectivity index (χ2v) is 20.7. The summed E-state index contributed by atoms with van der Waals surface area (Å²) < 4.78 is 52.8. The van der Waals surface area contributed by atoms with Crippen molar-refractivity contribution in [3.8, 4) is 40.2 Å². The molecule has 0 amide bonds. The van der Waals surface area contributed by atoms with E-state index in [4.69, 9.17) is 52.7 Å². The van der Waals surface area contributed by atoms with Crippen LogP contribution in [0.1, 0.15) is 101 Å². The van der Waals surface area contributed by atoms with E-state index in [0.717, 1.165) is 88.9 Å². The number of aryl methyl sites for hydroxylation is 1. The number of methoxy groups -OCH3 is 2. The Morgan fingerprint density at radius 1 is 0.690 bits per heavy atom. The van der Waals surface area contributed by atoms with Crippen molar-refractivity contribution in [1.29, 1.82) is 0 Å². The Kier molecular flexibility index (Phi) is 24.3. The first kappa shape index (κ1) is 62.6. The van der Waals surface area contributed by atoms with Crippen molar-refractivity contribution in [1.82, 2.24) is 4.98 Å². The van der Waals surface area contributed by atoms with Crippen LogP contribution >= 0.6 is 11.3 Å². The molecule has 1 unspecified atom stereocenters. The van der Waals surface area contributed by atoms with Gasteiger partial charge in [0.2, 0.25) is 5.13 Å². The molecule has 0 spiro atoms. The predicted octanol–water partition coefficient (Wildman–Crippen LogP) is 14.2. The molecule has 1 atom stereocenters. The Morgan fingerprint density at radius 2 is 1.39 bits per heavy atom. The number of esters is 4. The van der Waals surface area contributed by atoms with Crippen molar-refractivity contribution in [2.75, 3.05) is 45.7 Å². The molecule has 1 heterocycles. The summed E-state index contributed by atoms with van der Waals surface area (Å²) in [6, 6.07) is 35.8. The Balaban J connectivity index is 1.01. The fraction of sp³-hybridized carbons (Fsp3) is 0.313. The summed E-state index contributed by atoms with van der Waals surface area (Å²) in [5.41, 5.74) is 4.05. The number of rotatable bonds is 34. The molecule has 440 valence electrons. The maximum Gasteiger partial charge on any atom is 0.336 e. The minimum atomic E-state index is -0.696. The molecule has 0 radical (unpaired) electrons. The minimum Gasteiger partial charge on any atom is -0.494 e. The van der Waals surface area contributed by atoms with Crippen molar-refractivity contribution >= 4 is 73.6 Å². The van der Waals surface area contributed by atoms with Gasteiger partial charge in [-0.25, -0.2) is 24.4 Å². The van der Waals surface area contributed by atoms with Crippen LogP contribution in [-0.4, -0.2) is 81.8 Å². The van der Waals surface area contributed by atoms with Crippen LogP contribution in [0.3, 0.4) is 0 Å². The van der Waals surface area contributed by atoms with E-state index in [-0.39, 0.29) is 54.5 Å². The average Bonchev–Trinajstić information content (AvgIpc) is 3.99. The molecule has 7 aromatic rings. The molecule has 0 fully saturated rings. The number of nitrogens with zero attached hydrogens (tertiary/aromatic N) is 3. The Morgan fingerprint density at radius 3 is 2.15 bits per heavy atom. The summed E-state index contributed by atoms with van der Waals surface area (Å²) in [6.07, 6.45) is 12.9. The van der Waals surface area contributed by atoms with Gasteiger partial charge in [0.25, 0.3) is 0 Å². The third-order valence-corrected chi connectivity index (χ3v) is 14.2. The van der Waals surface area contributed by atoms with Crippen molar-refractivity contribution in [3.63, 3.8) is 0 Å². The highest BCUT2D eigenvalue weighted by molar-refractivity contribution is 7.22. The molecule has 7 rings (SSSR count). The third kappa shape index (κ3) is 19.1. The highest BCUT2D eigenvalue weighted by atomic mass is 32.1. The lowest BCUT2D eigenvalue weighted by Crippen LogP contribution is -2.28. The summed E-state index contributed by atoms with van der Waals surface area (Å²) in [6.45, 7) is 14.7. The van der Waals surface area contributed by atoms with Gasteiger partial charge in [0, 0.05) is 30.6 Å². The van der Waals surface area contributed by atoms with Gasteiger partial charge in [-0.3, -0.25) is 4.79 Å². The average molecular weight is 1160 g/mol. The maximum absolute atomic E-state index is 13.7. The number of carbonyl (C=O) groups is 4. The standard InChI is InChI=1S/C67H73N3O13S/c1-8-10-18-47(5)70(67-69-56-19-13-14-20-61(56)84-67)68-44-55-57(82-63(72)35-25-48-22-29-53(30-23-48)77-37-15-11-12-16-38-80-66(74)46(3)4)33-34-59(65(55)76-7)83-64(73)36-26-49-24-32-58(60(42-49)75-6)81-45-50-21-27-52-43-54(31-28-51(52)41-50)78-39-17-40-79-62(71)9-2/h9,13-14,19-24,26-34,36,41-44,47H,2-3,8,10-12,15-18,25,35,37-40,45H2,1,4-7H3/b36-26+,68-44+. The van der Waals surface area contributed by atoms with E-state index in [9.17, 15) is 19.2 Å². The molecular formula is C67H73N3O13S. The van der Waals surface area contributed by atoms with Crippen LogP contribution in [0.25, 0.3) is 27.1 Å². The van der Waals surface area contributed by atoms with Crippen molar-refractivity contribution in [3.05, 3.63) is 168 Å². The third-order valence-electron chi connectivity index (χ3n) is 13.2. The molecule has 84 heavy (non-hydrogen) atoms. The number of hydrogen-bond acceptors (Lipinski definition) is 17. The molecule has 0 aliphatic heterocycles. The fourth-order valence-corrected chi connectivity index (χ4v) is 9.66. The quantitative estimate of drug-likeness (QED) is 0.00928. The van der Waals surface area contributed by atoms with E-state index < -0.39 is 17.9 Å². The zero-order chi connectivity index (χ0) is 59.6. The monoisotopic (exact) mass is 1160 g/mol. The molecule has 0 aliphatic carbocycles. The van der Waals surface area contributed by atoms with E-state index in [0.29, 0.717) is 66.2 Å². The molecule has 1 aromatic heterocycles. The Labute approximate surface area is 495 Å². The van der Waals surface area contributed by atoms with Gasteiger partial charge >= 0.3 is 23.9 Å². The van der Waals surface area contributed by atoms with E-state index in [1.807, 2.05) is 89.9 Å². The van der Waals surface area contributed by atoms with Gasteiger partial charge in [-0.15, -0.1) is 0 Å². The second kappa shape index (κ2) is 32.6. The molecule has 6 aromatic carbocycles. The first-order valence-electron chi connectivity index (χ1n) is 28.1. The smallest absolute Gasteiger partial charge is 0.336 e. The molecule has 0 bridgehead atoms. The van der Waals surface area contributed by atoms with Crippen LogP contribution < -0.4 is 38.2 Å². The SMILES string of the molecule is C=CC(=O)OCCCOc1ccc2cc(COc3ccc(/C=C/C(=O)Oc4ccc(OC(=O)CCc5ccc(OCCCCCCOC(=O)C(=C)C)cc5)c(/C=N/N(c5nc6ccccc6s5)C(C)CCCC)c4OC)cc3OC)ccc2c1. The maximum atomic E-state index is 13.7. The van der Waals surface area contributed by atoms with Crippen LogP contribution in [0, 0.1) is 0 Å². The van der Waals surface area contributed by atoms with E-state index in [1.165, 1.54) is 30.6 Å². The zero-order valence-electron chi connectivity index (χ0n) is 48.4. The van der Waals surface area contributed by atoms with Crippen LogP contribution in [0.4, 0.5) is 5.13 Å². The van der Waals surface area contributed by atoms with Gasteiger partial charge < -0.3 is 42.6 Å².